The number of nitrogens with zero attached hydrogens (tertiary/aromatic N) is 4. The number of rotatable bonds is 2. The number of benzene rings is 2. The number of aliphatic imine (C=N–C) groups is 1. The minimum Gasteiger partial charge on any atom is -0.434 e. The third kappa shape index (κ3) is 2.87. The molecule has 1 aliphatic heterocycles. The SMILES string of the molecule is CC(=O)OC1N=C(c2ccccc2Cl)c2cc(Cl)ccc2-n2nncc21. The second kappa shape index (κ2) is 6.55. The summed E-state index contributed by atoms with van der Waals surface area (Å²) >= 11 is 12.6. The molecule has 4 rings (SSSR count). The fourth-order valence-corrected chi connectivity index (χ4v) is 3.24. The molecule has 3 aromatic rings. The summed E-state index contributed by atoms with van der Waals surface area (Å²) in [6.07, 6.45) is 0.616. The number of ether oxygens (including phenoxy) is 1. The minimum absolute atomic E-state index is 0.464. The molecule has 6 nitrogen and oxygen atoms in total. The standard InChI is InChI=1S/C18H12Cl2N4O2/c1-10(25)26-18-16-9-21-23-24(16)15-7-6-11(19)8-13(15)17(22-18)12-4-2-3-5-14(12)20/h2-9,18H,1H3. The molecule has 0 saturated carbocycles. The lowest BCUT2D eigenvalue weighted by molar-refractivity contribution is -0.146. The molecule has 26 heavy (non-hydrogen) atoms. The Labute approximate surface area is 159 Å². The van der Waals surface area contributed by atoms with Crippen LogP contribution in [0.5, 0.6) is 0 Å². The number of esters is 1. The van der Waals surface area contributed by atoms with E-state index in [2.05, 4.69) is 15.3 Å². The Hall–Kier alpha value is -2.70. The van der Waals surface area contributed by atoms with E-state index in [0.717, 1.165) is 5.69 Å². The van der Waals surface area contributed by atoms with E-state index in [4.69, 9.17) is 27.9 Å². The topological polar surface area (TPSA) is 69.4 Å². The van der Waals surface area contributed by atoms with Crippen LogP contribution in [0.15, 0.2) is 53.7 Å². The molecule has 2 heterocycles. The Morgan fingerprint density at radius 1 is 1.15 bits per heavy atom. The van der Waals surface area contributed by atoms with Gasteiger partial charge in [0.25, 0.3) is 0 Å². The van der Waals surface area contributed by atoms with Gasteiger partial charge in [-0.25, -0.2) is 9.67 Å². The van der Waals surface area contributed by atoms with Crippen LogP contribution in [0.25, 0.3) is 5.69 Å². The van der Waals surface area contributed by atoms with E-state index in [1.807, 2.05) is 24.3 Å². The monoisotopic (exact) mass is 386 g/mol. The zero-order valence-corrected chi connectivity index (χ0v) is 15.1. The molecule has 0 bridgehead atoms. The van der Waals surface area contributed by atoms with Gasteiger partial charge in [-0.1, -0.05) is 46.6 Å². The summed E-state index contributed by atoms with van der Waals surface area (Å²) in [7, 11) is 0. The van der Waals surface area contributed by atoms with Gasteiger partial charge < -0.3 is 4.74 Å². The van der Waals surface area contributed by atoms with Crippen LogP contribution in [-0.4, -0.2) is 26.7 Å². The van der Waals surface area contributed by atoms with Gasteiger partial charge in [-0.3, -0.25) is 4.79 Å². The molecule has 0 aliphatic carbocycles. The number of carbonyl (C=O) groups is 1. The molecule has 1 atom stereocenters. The highest BCUT2D eigenvalue weighted by atomic mass is 35.5. The quantitative estimate of drug-likeness (QED) is 0.624. The highest BCUT2D eigenvalue weighted by molar-refractivity contribution is 6.36. The Bertz CT molecular complexity index is 1050. The second-order valence-electron chi connectivity index (χ2n) is 5.65. The van der Waals surface area contributed by atoms with E-state index in [1.165, 1.54) is 13.1 Å². The highest BCUT2D eigenvalue weighted by Crippen LogP contribution is 2.33. The van der Waals surface area contributed by atoms with Gasteiger partial charge in [-0.2, -0.15) is 0 Å². The maximum Gasteiger partial charge on any atom is 0.304 e. The Morgan fingerprint density at radius 3 is 2.73 bits per heavy atom. The van der Waals surface area contributed by atoms with Crippen molar-refractivity contribution in [2.24, 2.45) is 4.99 Å². The first-order valence-corrected chi connectivity index (χ1v) is 8.51. The number of fused-ring (bicyclic) bond motifs is 3. The third-order valence-corrected chi connectivity index (χ3v) is 4.49. The average Bonchev–Trinajstić information content (AvgIpc) is 3.04. The van der Waals surface area contributed by atoms with Crippen LogP contribution in [0.2, 0.25) is 10.0 Å². The van der Waals surface area contributed by atoms with Gasteiger partial charge >= 0.3 is 5.97 Å². The van der Waals surface area contributed by atoms with Gasteiger partial charge in [0.2, 0.25) is 6.23 Å². The molecule has 0 radical (unpaired) electrons. The predicted molar refractivity (Wildman–Crippen MR) is 98.0 cm³/mol. The second-order valence-corrected chi connectivity index (χ2v) is 6.50. The van der Waals surface area contributed by atoms with Crippen molar-refractivity contribution in [2.75, 3.05) is 0 Å². The van der Waals surface area contributed by atoms with Crippen molar-refractivity contribution in [2.45, 2.75) is 13.2 Å². The molecule has 8 heteroatoms. The lowest BCUT2D eigenvalue weighted by atomic mass is 10.0. The summed E-state index contributed by atoms with van der Waals surface area (Å²) in [5, 5.41) is 9.12. The van der Waals surface area contributed by atoms with Crippen molar-refractivity contribution in [3.05, 3.63) is 75.5 Å². The molecule has 1 unspecified atom stereocenters. The first kappa shape index (κ1) is 16.8. The molecule has 2 aromatic carbocycles. The summed E-state index contributed by atoms with van der Waals surface area (Å²) in [6.45, 7) is 1.33. The van der Waals surface area contributed by atoms with E-state index in [1.54, 1.807) is 22.9 Å². The van der Waals surface area contributed by atoms with Crippen molar-refractivity contribution < 1.29 is 9.53 Å². The predicted octanol–water partition coefficient (Wildman–Crippen LogP) is 3.99. The average molecular weight is 387 g/mol. The Kier molecular flexibility index (Phi) is 4.22. The molecule has 0 spiro atoms. The van der Waals surface area contributed by atoms with Crippen molar-refractivity contribution in [3.8, 4) is 5.69 Å². The van der Waals surface area contributed by atoms with E-state index in [-0.39, 0.29) is 0 Å². The molecule has 130 valence electrons. The number of aromatic nitrogens is 3. The molecule has 1 aliphatic rings. The maximum absolute atomic E-state index is 11.6. The van der Waals surface area contributed by atoms with E-state index in [9.17, 15) is 4.79 Å². The van der Waals surface area contributed by atoms with Gasteiger partial charge in [-0.05, 0) is 24.3 Å². The molecule has 0 fully saturated rings. The summed E-state index contributed by atoms with van der Waals surface area (Å²) in [5.74, 6) is -0.464. The Morgan fingerprint density at radius 2 is 1.96 bits per heavy atom. The smallest absolute Gasteiger partial charge is 0.304 e. The minimum atomic E-state index is -0.903. The maximum atomic E-state index is 11.6. The summed E-state index contributed by atoms with van der Waals surface area (Å²) in [5.41, 5.74) is 3.23. The summed E-state index contributed by atoms with van der Waals surface area (Å²) in [6, 6.07) is 12.7. The van der Waals surface area contributed by atoms with Crippen LogP contribution in [0.4, 0.5) is 0 Å². The molecular weight excluding hydrogens is 375 g/mol. The van der Waals surface area contributed by atoms with Gasteiger partial charge in [0.15, 0.2) is 0 Å². The van der Waals surface area contributed by atoms with Gasteiger partial charge in [0.05, 0.1) is 17.6 Å². The van der Waals surface area contributed by atoms with Gasteiger partial charge in [-0.15, -0.1) is 5.10 Å². The lowest BCUT2D eigenvalue weighted by Gasteiger charge is -2.13. The first-order valence-electron chi connectivity index (χ1n) is 7.75. The van der Waals surface area contributed by atoms with Gasteiger partial charge in [0.1, 0.15) is 5.69 Å². The summed E-state index contributed by atoms with van der Waals surface area (Å²) < 4.78 is 7.00. The van der Waals surface area contributed by atoms with E-state index < -0.39 is 12.2 Å². The van der Waals surface area contributed by atoms with Crippen LogP contribution < -0.4 is 0 Å². The number of halogens is 2. The van der Waals surface area contributed by atoms with E-state index in [0.29, 0.717) is 32.6 Å². The van der Waals surface area contributed by atoms with Crippen LogP contribution in [-0.2, 0) is 9.53 Å². The van der Waals surface area contributed by atoms with Crippen molar-refractivity contribution in [1.82, 2.24) is 15.0 Å². The lowest BCUT2D eigenvalue weighted by Crippen LogP contribution is -2.11. The summed E-state index contributed by atoms with van der Waals surface area (Å²) in [4.78, 5) is 16.3. The normalized spacial score (nSPS) is 15.5. The molecule has 1 aromatic heterocycles. The largest absolute Gasteiger partial charge is 0.434 e. The van der Waals surface area contributed by atoms with Crippen molar-refractivity contribution in [3.63, 3.8) is 0 Å². The van der Waals surface area contributed by atoms with Crippen LogP contribution in [0.3, 0.4) is 0 Å². The fourth-order valence-electron chi connectivity index (χ4n) is 2.85. The molecule has 0 N–H and O–H groups in total. The highest BCUT2D eigenvalue weighted by Gasteiger charge is 2.28. The number of carbonyl (C=O) groups excluding carboxylic acids is 1. The number of hydrogen-bond acceptors (Lipinski definition) is 5. The van der Waals surface area contributed by atoms with Crippen LogP contribution >= 0.6 is 23.2 Å². The molecule has 0 amide bonds. The third-order valence-electron chi connectivity index (χ3n) is 3.92. The fraction of sp³-hybridized carbons (Fsp3) is 0.111. The molecule has 0 saturated heterocycles. The van der Waals surface area contributed by atoms with Crippen molar-refractivity contribution >= 4 is 34.9 Å². The van der Waals surface area contributed by atoms with Crippen LogP contribution in [0, 0.1) is 0 Å². The number of hydrogen-bond donors (Lipinski definition) is 0. The van der Waals surface area contributed by atoms with Gasteiger partial charge in [0, 0.05) is 28.1 Å². The van der Waals surface area contributed by atoms with Crippen LogP contribution in [0.1, 0.15) is 30.0 Å². The molecular formula is C18H12Cl2N4O2. The zero-order valence-electron chi connectivity index (χ0n) is 13.6. The first-order chi connectivity index (χ1) is 12.5. The van der Waals surface area contributed by atoms with E-state index >= 15 is 0 Å². The van der Waals surface area contributed by atoms with Crippen molar-refractivity contribution in [1.29, 1.82) is 0 Å². The Balaban J connectivity index is 2.03. The zero-order chi connectivity index (χ0) is 18.3.